The van der Waals surface area contributed by atoms with Crippen molar-refractivity contribution in [2.75, 3.05) is 27.2 Å². The van der Waals surface area contributed by atoms with Crippen LogP contribution in [0.5, 0.6) is 0 Å². The molecule has 2 aliphatic heterocycles. The summed E-state index contributed by atoms with van der Waals surface area (Å²) >= 11 is 0. The highest BCUT2D eigenvalue weighted by Gasteiger charge is 2.41. The van der Waals surface area contributed by atoms with Gasteiger partial charge in [0.25, 0.3) is 0 Å². The van der Waals surface area contributed by atoms with Crippen LogP contribution >= 0.6 is 0 Å². The molecule has 0 aromatic rings. The van der Waals surface area contributed by atoms with E-state index in [1.54, 1.807) is 4.90 Å². The molecule has 104 valence electrons. The number of amides is 1. The second kappa shape index (κ2) is 6.02. The highest BCUT2D eigenvalue weighted by molar-refractivity contribution is 5.77. The summed E-state index contributed by atoms with van der Waals surface area (Å²) in [6, 6.07) is 1.93. The van der Waals surface area contributed by atoms with Crippen LogP contribution in [-0.2, 0) is 4.79 Å². The second-order valence-electron chi connectivity index (χ2n) is 5.97. The van der Waals surface area contributed by atoms with Gasteiger partial charge >= 0.3 is 0 Å². The highest BCUT2D eigenvalue weighted by atomic mass is 16.2. The molecule has 2 fully saturated rings. The number of rotatable bonds is 5. The number of piperidine rings is 1. The first kappa shape index (κ1) is 13.8. The van der Waals surface area contributed by atoms with Crippen LogP contribution in [0.15, 0.2) is 0 Å². The molecular weight excluding hydrogens is 226 g/mol. The Hall–Kier alpha value is -0.610. The fraction of sp³-hybridized carbons (Fsp3) is 0.929. The van der Waals surface area contributed by atoms with Crippen LogP contribution in [0.3, 0.4) is 0 Å². The molecule has 2 unspecified atom stereocenters. The van der Waals surface area contributed by atoms with Gasteiger partial charge in [-0.25, -0.2) is 0 Å². The first-order valence-corrected chi connectivity index (χ1v) is 7.31. The Kier molecular flexibility index (Phi) is 4.62. The highest BCUT2D eigenvalue weighted by Crippen LogP contribution is 2.35. The Bertz CT molecular complexity index is 279. The van der Waals surface area contributed by atoms with Crippen molar-refractivity contribution in [3.8, 4) is 0 Å². The molecular formula is C14H27N3O. The Labute approximate surface area is 111 Å². The van der Waals surface area contributed by atoms with Crippen LogP contribution in [-0.4, -0.2) is 61.0 Å². The van der Waals surface area contributed by atoms with E-state index in [1.807, 2.05) is 14.1 Å². The zero-order chi connectivity index (χ0) is 13.1. The number of carbonyl (C=O) groups is 1. The summed E-state index contributed by atoms with van der Waals surface area (Å²) in [5.41, 5.74) is 0. The molecule has 2 saturated heterocycles. The molecule has 0 spiro atoms. The first-order chi connectivity index (χ1) is 8.61. The number of nitrogens with zero attached hydrogens (tertiary/aromatic N) is 2. The lowest BCUT2D eigenvalue weighted by atomic mass is 9.97. The van der Waals surface area contributed by atoms with Crippen LogP contribution in [0.25, 0.3) is 0 Å². The Morgan fingerprint density at radius 2 is 1.89 bits per heavy atom. The molecule has 0 radical (unpaired) electrons. The minimum Gasteiger partial charge on any atom is -0.348 e. The number of nitrogens with one attached hydrogen (secondary N) is 1. The molecule has 2 aliphatic rings. The van der Waals surface area contributed by atoms with E-state index in [1.165, 1.54) is 32.1 Å². The largest absolute Gasteiger partial charge is 0.348 e. The number of fused-ring (bicyclic) bond motifs is 2. The van der Waals surface area contributed by atoms with Gasteiger partial charge in [0.15, 0.2) is 0 Å². The van der Waals surface area contributed by atoms with Crippen molar-refractivity contribution in [1.82, 2.24) is 15.1 Å². The smallest absolute Gasteiger partial charge is 0.236 e. The van der Waals surface area contributed by atoms with E-state index in [-0.39, 0.29) is 5.91 Å². The molecule has 4 nitrogen and oxygen atoms in total. The van der Waals surface area contributed by atoms with Crippen molar-refractivity contribution in [3.05, 3.63) is 0 Å². The SMILES string of the molecule is CCCNC1CC2CCC(C1)N2CC(=O)N(C)C. The zero-order valence-corrected chi connectivity index (χ0v) is 12.0. The summed E-state index contributed by atoms with van der Waals surface area (Å²) in [5.74, 6) is 0.242. The van der Waals surface area contributed by atoms with Gasteiger partial charge in [0.05, 0.1) is 6.54 Å². The minimum atomic E-state index is 0.242. The van der Waals surface area contributed by atoms with Gasteiger partial charge in [0.1, 0.15) is 0 Å². The predicted molar refractivity (Wildman–Crippen MR) is 73.5 cm³/mol. The molecule has 2 rings (SSSR count). The lowest BCUT2D eigenvalue weighted by Gasteiger charge is -2.39. The monoisotopic (exact) mass is 253 g/mol. The lowest BCUT2D eigenvalue weighted by molar-refractivity contribution is -0.131. The van der Waals surface area contributed by atoms with Gasteiger partial charge in [0.2, 0.25) is 5.91 Å². The Morgan fingerprint density at radius 1 is 1.28 bits per heavy atom. The van der Waals surface area contributed by atoms with Crippen LogP contribution in [0.4, 0.5) is 0 Å². The molecule has 2 atom stereocenters. The Balaban J connectivity index is 1.87. The third kappa shape index (κ3) is 3.04. The molecule has 2 heterocycles. The zero-order valence-electron chi connectivity index (χ0n) is 12.0. The van der Waals surface area contributed by atoms with E-state index in [2.05, 4.69) is 17.1 Å². The number of hydrogen-bond donors (Lipinski definition) is 1. The van der Waals surface area contributed by atoms with E-state index in [4.69, 9.17) is 0 Å². The second-order valence-corrected chi connectivity index (χ2v) is 5.97. The number of carbonyl (C=O) groups excluding carboxylic acids is 1. The average Bonchev–Trinajstić information content (AvgIpc) is 2.59. The van der Waals surface area contributed by atoms with Gasteiger partial charge in [-0.2, -0.15) is 0 Å². The molecule has 0 saturated carbocycles. The Morgan fingerprint density at radius 3 is 2.39 bits per heavy atom. The van der Waals surface area contributed by atoms with Crippen molar-refractivity contribution >= 4 is 5.91 Å². The van der Waals surface area contributed by atoms with Crippen LogP contribution < -0.4 is 5.32 Å². The van der Waals surface area contributed by atoms with Gasteiger partial charge in [-0.3, -0.25) is 9.69 Å². The van der Waals surface area contributed by atoms with Crippen molar-refractivity contribution in [2.45, 2.75) is 57.2 Å². The van der Waals surface area contributed by atoms with Crippen molar-refractivity contribution in [3.63, 3.8) is 0 Å². The van der Waals surface area contributed by atoms with Crippen molar-refractivity contribution in [1.29, 1.82) is 0 Å². The van der Waals surface area contributed by atoms with Crippen molar-refractivity contribution < 1.29 is 4.79 Å². The van der Waals surface area contributed by atoms with E-state index < -0.39 is 0 Å². The fourth-order valence-corrected chi connectivity index (χ4v) is 3.35. The van der Waals surface area contributed by atoms with E-state index in [0.29, 0.717) is 24.7 Å². The standard InChI is InChI=1S/C14H27N3O/c1-4-7-15-11-8-12-5-6-13(9-11)17(12)10-14(18)16(2)3/h11-13,15H,4-10H2,1-3H3. The minimum absolute atomic E-state index is 0.242. The summed E-state index contributed by atoms with van der Waals surface area (Å²) in [6.45, 7) is 3.95. The summed E-state index contributed by atoms with van der Waals surface area (Å²) in [5, 5.41) is 3.65. The van der Waals surface area contributed by atoms with Gasteiger partial charge in [-0.1, -0.05) is 6.92 Å². The summed E-state index contributed by atoms with van der Waals surface area (Å²) in [4.78, 5) is 16.0. The van der Waals surface area contributed by atoms with Gasteiger partial charge in [-0.15, -0.1) is 0 Å². The molecule has 0 aromatic carbocycles. The molecule has 0 aliphatic carbocycles. The maximum Gasteiger partial charge on any atom is 0.236 e. The lowest BCUT2D eigenvalue weighted by Crippen LogP contribution is -2.51. The van der Waals surface area contributed by atoms with E-state index in [9.17, 15) is 4.79 Å². The van der Waals surface area contributed by atoms with E-state index in [0.717, 1.165) is 6.54 Å². The topological polar surface area (TPSA) is 35.6 Å². The third-order valence-corrected chi connectivity index (χ3v) is 4.38. The first-order valence-electron chi connectivity index (χ1n) is 7.31. The normalized spacial score (nSPS) is 31.6. The average molecular weight is 253 g/mol. The molecule has 18 heavy (non-hydrogen) atoms. The van der Waals surface area contributed by atoms with Crippen LogP contribution in [0.1, 0.15) is 39.0 Å². The fourth-order valence-electron chi connectivity index (χ4n) is 3.35. The molecule has 4 heteroatoms. The van der Waals surface area contributed by atoms with E-state index >= 15 is 0 Å². The summed E-state index contributed by atoms with van der Waals surface area (Å²) < 4.78 is 0. The third-order valence-electron chi connectivity index (χ3n) is 4.38. The van der Waals surface area contributed by atoms with Crippen LogP contribution in [0, 0.1) is 0 Å². The molecule has 0 aromatic heterocycles. The number of likely N-dealkylation sites (N-methyl/N-ethyl adjacent to an activating group) is 1. The molecule has 2 bridgehead atoms. The van der Waals surface area contributed by atoms with Gasteiger partial charge in [-0.05, 0) is 38.6 Å². The molecule has 1 N–H and O–H groups in total. The quantitative estimate of drug-likeness (QED) is 0.796. The maximum absolute atomic E-state index is 11.9. The van der Waals surface area contributed by atoms with Crippen molar-refractivity contribution in [2.24, 2.45) is 0 Å². The predicted octanol–water partition coefficient (Wildman–Crippen LogP) is 1.07. The van der Waals surface area contributed by atoms with Gasteiger partial charge < -0.3 is 10.2 Å². The number of hydrogen-bond acceptors (Lipinski definition) is 3. The van der Waals surface area contributed by atoms with Crippen LogP contribution in [0.2, 0.25) is 0 Å². The maximum atomic E-state index is 11.9. The summed E-state index contributed by atoms with van der Waals surface area (Å²) in [6.07, 6.45) is 6.19. The summed E-state index contributed by atoms with van der Waals surface area (Å²) in [7, 11) is 3.69. The van der Waals surface area contributed by atoms with Gasteiger partial charge in [0, 0.05) is 32.2 Å². The molecule has 1 amide bonds.